The third kappa shape index (κ3) is 3.27. The molecule has 0 heterocycles. The van der Waals surface area contributed by atoms with Crippen LogP contribution in [0.4, 0.5) is 13.2 Å². The Morgan fingerprint density at radius 3 is 2.27 bits per heavy atom. The van der Waals surface area contributed by atoms with Gasteiger partial charge in [-0.2, -0.15) is 13.2 Å². The molecule has 0 aliphatic carbocycles. The van der Waals surface area contributed by atoms with Crippen LogP contribution >= 0.6 is 0 Å². The zero-order valence-electron chi connectivity index (χ0n) is 8.01. The molecule has 5 heteroatoms. The standard InChI is InChI=1S/C10H10F3NO/c1-7(10(11,12)13)14-9(15)8-5-3-2-4-6-8/h2-7H,1H3,(H,14,15)/t7-/m1/s1. The number of rotatable bonds is 2. The van der Waals surface area contributed by atoms with Gasteiger partial charge in [-0.05, 0) is 19.1 Å². The van der Waals surface area contributed by atoms with E-state index in [4.69, 9.17) is 0 Å². The highest BCUT2D eigenvalue weighted by Crippen LogP contribution is 2.19. The Balaban J connectivity index is 2.65. The maximum atomic E-state index is 12.1. The van der Waals surface area contributed by atoms with Gasteiger partial charge in [0.1, 0.15) is 6.04 Å². The molecule has 0 aliphatic rings. The van der Waals surface area contributed by atoms with Gasteiger partial charge in [0.25, 0.3) is 5.91 Å². The molecule has 1 aromatic rings. The monoisotopic (exact) mass is 217 g/mol. The molecule has 0 saturated carbocycles. The van der Waals surface area contributed by atoms with Crippen LogP contribution in [0.5, 0.6) is 0 Å². The van der Waals surface area contributed by atoms with E-state index in [-0.39, 0.29) is 5.56 Å². The normalized spacial score (nSPS) is 13.3. The lowest BCUT2D eigenvalue weighted by Crippen LogP contribution is -2.43. The van der Waals surface area contributed by atoms with Crippen LogP contribution in [0.25, 0.3) is 0 Å². The molecular formula is C10H10F3NO. The fraction of sp³-hybridized carbons (Fsp3) is 0.300. The summed E-state index contributed by atoms with van der Waals surface area (Å²) in [6, 6.07) is 5.94. The zero-order chi connectivity index (χ0) is 11.5. The topological polar surface area (TPSA) is 29.1 Å². The molecule has 0 fully saturated rings. The molecule has 1 N–H and O–H groups in total. The molecule has 1 aromatic carbocycles. The molecule has 0 spiro atoms. The minimum Gasteiger partial charge on any atom is -0.341 e. The summed E-state index contributed by atoms with van der Waals surface area (Å²) in [5.41, 5.74) is 0.216. The Morgan fingerprint density at radius 2 is 1.80 bits per heavy atom. The number of benzene rings is 1. The highest BCUT2D eigenvalue weighted by atomic mass is 19.4. The van der Waals surface area contributed by atoms with E-state index in [0.717, 1.165) is 6.92 Å². The van der Waals surface area contributed by atoms with Gasteiger partial charge in [-0.3, -0.25) is 4.79 Å². The third-order valence-electron chi connectivity index (χ3n) is 1.87. The first-order valence-electron chi connectivity index (χ1n) is 4.34. The largest absolute Gasteiger partial charge is 0.408 e. The van der Waals surface area contributed by atoms with Crippen LogP contribution in [-0.4, -0.2) is 18.1 Å². The number of carbonyl (C=O) groups is 1. The van der Waals surface area contributed by atoms with Gasteiger partial charge in [0, 0.05) is 5.56 Å². The number of amides is 1. The second kappa shape index (κ2) is 4.33. The molecule has 1 amide bonds. The third-order valence-corrected chi connectivity index (χ3v) is 1.87. The van der Waals surface area contributed by atoms with Crippen LogP contribution < -0.4 is 5.32 Å². The van der Waals surface area contributed by atoms with Crippen LogP contribution in [0.1, 0.15) is 17.3 Å². The lowest BCUT2D eigenvalue weighted by molar-refractivity contribution is -0.149. The minimum absolute atomic E-state index is 0.216. The Morgan fingerprint density at radius 1 is 1.27 bits per heavy atom. The predicted octanol–water partition coefficient (Wildman–Crippen LogP) is 2.37. The summed E-state index contributed by atoms with van der Waals surface area (Å²) in [5, 5.41) is 1.87. The van der Waals surface area contributed by atoms with Crippen molar-refractivity contribution in [2.75, 3.05) is 0 Å². The Hall–Kier alpha value is -1.52. The fourth-order valence-electron chi connectivity index (χ4n) is 0.951. The van der Waals surface area contributed by atoms with Crippen molar-refractivity contribution in [2.24, 2.45) is 0 Å². The van der Waals surface area contributed by atoms with Crippen molar-refractivity contribution in [1.29, 1.82) is 0 Å². The van der Waals surface area contributed by atoms with Crippen molar-refractivity contribution < 1.29 is 18.0 Å². The number of hydrogen-bond acceptors (Lipinski definition) is 1. The number of hydrogen-bond donors (Lipinski definition) is 1. The lowest BCUT2D eigenvalue weighted by atomic mass is 10.2. The summed E-state index contributed by atoms with van der Waals surface area (Å²) >= 11 is 0. The number of halogens is 3. The maximum absolute atomic E-state index is 12.1. The smallest absolute Gasteiger partial charge is 0.341 e. The van der Waals surface area contributed by atoms with E-state index in [1.54, 1.807) is 18.2 Å². The van der Waals surface area contributed by atoms with Crippen molar-refractivity contribution in [2.45, 2.75) is 19.1 Å². The van der Waals surface area contributed by atoms with E-state index >= 15 is 0 Å². The number of nitrogens with one attached hydrogen (secondary N) is 1. The van der Waals surface area contributed by atoms with Crippen molar-refractivity contribution in [3.8, 4) is 0 Å². The molecule has 0 unspecified atom stereocenters. The van der Waals surface area contributed by atoms with Gasteiger partial charge < -0.3 is 5.32 Å². The van der Waals surface area contributed by atoms with Crippen molar-refractivity contribution in [3.63, 3.8) is 0 Å². The number of carbonyl (C=O) groups excluding carboxylic acids is 1. The quantitative estimate of drug-likeness (QED) is 0.809. The second-order valence-corrected chi connectivity index (χ2v) is 3.10. The van der Waals surface area contributed by atoms with Gasteiger partial charge in [0.05, 0.1) is 0 Å². The van der Waals surface area contributed by atoms with Crippen LogP contribution in [0, 0.1) is 0 Å². The van der Waals surface area contributed by atoms with Crippen LogP contribution in [-0.2, 0) is 0 Å². The summed E-state index contributed by atoms with van der Waals surface area (Å²) < 4.78 is 36.3. The van der Waals surface area contributed by atoms with Crippen LogP contribution in [0.15, 0.2) is 30.3 Å². The molecule has 1 rings (SSSR count). The van der Waals surface area contributed by atoms with E-state index in [0.29, 0.717) is 0 Å². The summed E-state index contributed by atoms with van der Waals surface area (Å²) in [6.07, 6.45) is -4.41. The first-order chi connectivity index (χ1) is 6.91. The first kappa shape index (κ1) is 11.6. The van der Waals surface area contributed by atoms with Gasteiger partial charge in [-0.1, -0.05) is 18.2 Å². The van der Waals surface area contributed by atoms with E-state index < -0.39 is 18.1 Å². The maximum Gasteiger partial charge on any atom is 0.408 e. The Bertz CT molecular complexity index is 334. The van der Waals surface area contributed by atoms with Crippen molar-refractivity contribution in [1.82, 2.24) is 5.32 Å². The average molecular weight is 217 g/mol. The summed E-state index contributed by atoms with van der Waals surface area (Å²) in [5.74, 6) is -0.722. The second-order valence-electron chi connectivity index (χ2n) is 3.10. The molecule has 15 heavy (non-hydrogen) atoms. The molecule has 0 saturated heterocycles. The predicted molar refractivity (Wildman–Crippen MR) is 49.4 cm³/mol. The zero-order valence-corrected chi connectivity index (χ0v) is 8.01. The van der Waals surface area contributed by atoms with Crippen LogP contribution in [0.2, 0.25) is 0 Å². The fourth-order valence-corrected chi connectivity index (χ4v) is 0.951. The SMILES string of the molecule is C[C@@H](NC(=O)c1ccccc1)C(F)(F)F. The molecule has 0 aliphatic heterocycles. The molecule has 1 atom stereocenters. The first-order valence-corrected chi connectivity index (χ1v) is 4.34. The summed E-state index contributed by atoms with van der Waals surface area (Å²) in [6.45, 7) is 0.904. The Kier molecular flexibility index (Phi) is 3.34. The van der Waals surface area contributed by atoms with E-state index in [1.807, 2.05) is 5.32 Å². The Labute approximate surface area is 85.1 Å². The number of alkyl halides is 3. The van der Waals surface area contributed by atoms with E-state index in [2.05, 4.69) is 0 Å². The van der Waals surface area contributed by atoms with Crippen LogP contribution in [0.3, 0.4) is 0 Å². The molecule has 2 nitrogen and oxygen atoms in total. The molecular weight excluding hydrogens is 207 g/mol. The van der Waals surface area contributed by atoms with Crippen molar-refractivity contribution in [3.05, 3.63) is 35.9 Å². The molecule has 82 valence electrons. The molecule has 0 radical (unpaired) electrons. The summed E-state index contributed by atoms with van der Waals surface area (Å²) in [4.78, 5) is 11.3. The lowest BCUT2D eigenvalue weighted by Gasteiger charge is -2.16. The summed E-state index contributed by atoms with van der Waals surface area (Å²) in [7, 11) is 0. The van der Waals surface area contributed by atoms with Gasteiger partial charge >= 0.3 is 6.18 Å². The molecule has 0 bridgehead atoms. The molecule has 0 aromatic heterocycles. The van der Waals surface area contributed by atoms with Gasteiger partial charge in [0.2, 0.25) is 0 Å². The van der Waals surface area contributed by atoms with Crippen molar-refractivity contribution >= 4 is 5.91 Å². The van der Waals surface area contributed by atoms with Gasteiger partial charge in [0.15, 0.2) is 0 Å². The van der Waals surface area contributed by atoms with E-state index in [9.17, 15) is 18.0 Å². The highest BCUT2D eigenvalue weighted by molar-refractivity contribution is 5.94. The highest BCUT2D eigenvalue weighted by Gasteiger charge is 2.36. The minimum atomic E-state index is -4.41. The average Bonchev–Trinajstić information content (AvgIpc) is 2.17. The van der Waals surface area contributed by atoms with Gasteiger partial charge in [-0.25, -0.2) is 0 Å². The van der Waals surface area contributed by atoms with Gasteiger partial charge in [-0.15, -0.1) is 0 Å². The van der Waals surface area contributed by atoms with E-state index in [1.165, 1.54) is 12.1 Å².